The highest BCUT2D eigenvalue weighted by atomic mass is 35.5. The first-order valence-electron chi connectivity index (χ1n) is 10.2. The Bertz CT molecular complexity index is 1220. The molecule has 0 saturated heterocycles. The summed E-state index contributed by atoms with van der Waals surface area (Å²) in [5, 5.41) is 17.4. The van der Waals surface area contributed by atoms with Crippen molar-refractivity contribution in [3.8, 4) is 0 Å². The van der Waals surface area contributed by atoms with Crippen molar-refractivity contribution in [2.24, 2.45) is 20.2 Å². The molecule has 34 heavy (non-hydrogen) atoms. The Balaban J connectivity index is 0.00000162. The number of hydrogen-bond donors (Lipinski definition) is 4. The molecule has 0 bridgehead atoms. The molecule has 3 aromatic rings. The van der Waals surface area contributed by atoms with E-state index >= 15 is 0 Å². The zero-order valence-corrected chi connectivity index (χ0v) is 19.4. The number of nitrogens with one attached hydrogen (secondary N) is 4. The topological polar surface area (TPSA) is 97.6 Å². The third-order valence-electron chi connectivity index (χ3n) is 5.20. The quantitative estimate of drug-likeness (QED) is 0.248. The van der Waals surface area contributed by atoms with Gasteiger partial charge in [-0.1, -0.05) is 12.1 Å². The monoisotopic (exact) mass is 506 g/mol. The molecule has 2 aliphatic rings. The highest BCUT2D eigenvalue weighted by Crippen LogP contribution is 2.32. The lowest BCUT2D eigenvalue weighted by Crippen LogP contribution is -2.30. The fraction of sp³-hybridized carbons (Fsp3) is 0.182. The third-order valence-corrected chi connectivity index (χ3v) is 5.20. The van der Waals surface area contributed by atoms with Gasteiger partial charge in [-0.3, -0.25) is 0 Å². The molecular weight excluding hydrogens is 485 g/mol. The van der Waals surface area contributed by atoms with Crippen LogP contribution in [0.3, 0.4) is 0 Å². The van der Waals surface area contributed by atoms with Crippen molar-refractivity contribution in [2.75, 3.05) is 26.2 Å². The number of halogens is 4. The van der Waals surface area contributed by atoms with E-state index in [1.54, 1.807) is 24.6 Å². The summed E-state index contributed by atoms with van der Waals surface area (Å²) in [5.41, 5.74) is 7.02. The van der Waals surface area contributed by atoms with Crippen molar-refractivity contribution in [1.82, 2.24) is 21.5 Å². The van der Waals surface area contributed by atoms with E-state index in [1.165, 1.54) is 24.3 Å². The minimum absolute atomic E-state index is 0. The Morgan fingerprint density at radius 1 is 0.706 bits per heavy atom. The predicted molar refractivity (Wildman–Crippen MR) is 138 cm³/mol. The number of benzene rings is 3. The Morgan fingerprint density at radius 3 is 1.53 bits per heavy atom. The van der Waals surface area contributed by atoms with E-state index in [2.05, 4.69) is 41.7 Å². The molecule has 0 amide bonds. The zero-order chi connectivity index (χ0) is 21.9. The van der Waals surface area contributed by atoms with Crippen molar-refractivity contribution in [2.45, 2.75) is 0 Å². The normalized spacial score (nSPS) is 15.0. The SMILES string of the molecule is Cl.Cl.Fc1ccc2c(/C=N/NC3=NCCN3)c3cc(F)ccc3c(/C=N/NC3=NCCN3)c2c1. The van der Waals surface area contributed by atoms with E-state index < -0.39 is 0 Å². The lowest BCUT2D eigenvalue weighted by molar-refractivity contribution is 0.629. The summed E-state index contributed by atoms with van der Waals surface area (Å²) in [6, 6.07) is 8.95. The van der Waals surface area contributed by atoms with Crippen molar-refractivity contribution < 1.29 is 8.78 Å². The fourth-order valence-corrected chi connectivity index (χ4v) is 3.78. The minimum atomic E-state index is -0.381. The number of rotatable bonds is 4. The molecule has 0 spiro atoms. The average Bonchev–Trinajstić information content (AvgIpc) is 3.49. The highest BCUT2D eigenvalue weighted by Gasteiger charge is 2.14. The molecule has 0 radical (unpaired) electrons. The predicted octanol–water partition coefficient (Wildman–Crippen LogP) is 2.88. The Morgan fingerprint density at radius 2 is 1.15 bits per heavy atom. The maximum Gasteiger partial charge on any atom is 0.212 e. The van der Waals surface area contributed by atoms with Gasteiger partial charge in [-0.2, -0.15) is 10.2 Å². The fourth-order valence-electron chi connectivity index (χ4n) is 3.78. The van der Waals surface area contributed by atoms with Gasteiger partial charge in [0.15, 0.2) is 0 Å². The van der Waals surface area contributed by atoms with Crippen LogP contribution < -0.4 is 21.5 Å². The first kappa shape index (κ1) is 25.1. The van der Waals surface area contributed by atoms with Crippen molar-refractivity contribution in [1.29, 1.82) is 0 Å². The van der Waals surface area contributed by atoms with E-state index in [0.29, 0.717) is 57.7 Å². The zero-order valence-electron chi connectivity index (χ0n) is 17.8. The first-order valence-corrected chi connectivity index (χ1v) is 10.2. The molecule has 0 aliphatic carbocycles. The molecule has 0 saturated carbocycles. The number of guanidine groups is 2. The largest absolute Gasteiger partial charge is 0.353 e. The van der Waals surface area contributed by atoms with Gasteiger partial charge in [0.05, 0.1) is 25.5 Å². The minimum Gasteiger partial charge on any atom is -0.353 e. The van der Waals surface area contributed by atoms with Crippen LogP contribution in [-0.2, 0) is 0 Å². The number of nitrogens with zero attached hydrogens (tertiary/aromatic N) is 4. The van der Waals surface area contributed by atoms with Crippen molar-refractivity contribution >= 4 is 70.7 Å². The van der Waals surface area contributed by atoms with Gasteiger partial charge in [0.1, 0.15) is 11.6 Å². The molecule has 3 aromatic carbocycles. The van der Waals surface area contributed by atoms with Crippen LogP contribution in [0.4, 0.5) is 8.78 Å². The lowest BCUT2D eigenvalue weighted by atomic mass is 9.92. The van der Waals surface area contributed by atoms with E-state index in [4.69, 9.17) is 0 Å². The molecule has 2 aliphatic heterocycles. The second kappa shape index (κ2) is 11.1. The molecule has 12 heteroatoms. The molecule has 2 heterocycles. The number of aliphatic imine (C=N–C) groups is 2. The summed E-state index contributed by atoms with van der Waals surface area (Å²) in [5.74, 6) is 0.388. The first-order chi connectivity index (χ1) is 15.7. The molecule has 178 valence electrons. The second-order valence-electron chi connectivity index (χ2n) is 7.26. The summed E-state index contributed by atoms with van der Waals surface area (Å²) in [7, 11) is 0. The Hall–Kier alpha value is -3.50. The Labute approximate surface area is 206 Å². The van der Waals surface area contributed by atoms with Crippen LogP contribution in [0.2, 0.25) is 0 Å². The van der Waals surface area contributed by atoms with Crippen LogP contribution >= 0.6 is 24.8 Å². The smallest absolute Gasteiger partial charge is 0.212 e. The van der Waals surface area contributed by atoms with Crippen LogP contribution in [0.1, 0.15) is 11.1 Å². The molecule has 4 N–H and O–H groups in total. The molecule has 0 aromatic heterocycles. The Kier molecular flexibility index (Phi) is 8.19. The van der Waals surface area contributed by atoms with Crippen LogP contribution in [0.5, 0.6) is 0 Å². The van der Waals surface area contributed by atoms with Gasteiger partial charge in [-0.15, -0.1) is 24.8 Å². The molecule has 0 unspecified atom stereocenters. The van der Waals surface area contributed by atoms with Gasteiger partial charge in [0.25, 0.3) is 0 Å². The van der Waals surface area contributed by atoms with Crippen LogP contribution in [0.25, 0.3) is 21.5 Å². The van der Waals surface area contributed by atoms with E-state index in [9.17, 15) is 8.78 Å². The van der Waals surface area contributed by atoms with E-state index in [1.807, 2.05) is 0 Å². The maximum atomic E-state index is 14.2. The summed E-state index contributed by atoms with van der Waals surface area (Å²) >= 11 is 0. The van der Waals surface area contributed by atoms with Gasteiger partial charge in [0, 0.05) is 24.2 Å². The summed E-state index contributed by atoms with van der Waals surface area (Å²) in [6.45, 7) is 2.85. The molecule has 5 rings (SSSR count). The molecular formula is C22H22Cl2F2N8. The number of fused-ring (bicyclic) bond motifs is 2. The van der Waals surface area contributed by atoms with Crippen molar-refractivity contribution in [3.63, 3.8) is 0 Å². The van der Waals surface area contributed by atoms with Gasteiger partial charge in [-0.05, 0) is 45.8 Å². The van der Waals surface area contributed by atoms with Crippen LogP contribution in [0, 0.1) is 11.6 Å². The maximum absolute atomic E-state index is 14.2. The summed E-state index contributed by atoms with van der Waals surface area (Å²) in [4.78, 5) is 8.46. The molecule has 8 nitrogen and oxygen atoms in total. The van der Waals surface area contributed by atoms with Gasteiger partial charge in [0.2, 0.25) is 11.9 Å². The van der Waals surface area contributed by atoms with Gasteiger partial charge in [-0.25, -0.2) is 29.6 Å². The number of hydrazone groups is 2. The van der Waals surface area contributed by atoms with Crippen LogP contribution in [0.15, 0.2) is 56.6 Å². The second-order valence-corrected chi connectivity index (χ2v) is 7.26. The molecule has 0 atom stereocenters. The average molecular weight is 507 g/mol. The van der Waals surface area contributed by atoms with Crippen molar-refractivity contribution in [3.05, 3.63) is 59.2 Å². The lowest BCUT2D eigenvalue weighted by Gasteiger charge is -2.13. The van der Waals surface area contributed by atoms with E-state index in [-0.39, 0.29) is 36.4 Å². The summed E-state index contributed by atoms with van der Waals surface area (Å²) < 4.78 is 28.4. The summed E-state index contributed by atoms with van der Waals surface area (Å²) in [6.07, 6.45) is 3.20. The standard InChI is InChI=1S/C22H20F2N8.2ClH/c23-13-1-3-15-17(9-13)20(12-30-32-22-27-7-8-28-22)16-4-2-14(24)10-18(16)19(15)11-29-31-21-25-5-6-26-21;;/h1-4,9-12H,5-8H2,(H2,25,26,31)(H2,27,28,32);2*1H/b29-11+,30-12+;;. The van der Waals surface area contributed by atoms with Crippen LogP contribution in [-0.4, -0.2) is 50.5 Å². The highest BCUT2D eigenvalue weighted by molar-refractivity contribution is 6.21. The van der Waals surface area contributed by atoms with Gasteiger partial charge < -0.3 is 10.6 Å². The van der Waals surface area contributed by atoms with E-state index in [0.717, 1.165) is 13.1 Å². The van der Waals surface area contributed by atoms with Gasteiger partial charge >= 0.3 is 0 Å². The third kappa shape index (κ3) is 5.18. The number of hydrogen-bond acceptors (Lipinski definition) is 8. The molecule has 0 fully saturated rings.